The van der Waals surface area contributed by atoms with Crippen LogP contribution < -0.4 is 15.4 Å². The van der Waals surface area contributed by atoms with Gasteiger partial charge in [-0.1, -0.05) is 35.3 Å². The van der Waals surface area contributed by atoms with Crippen LogP contribution in [0.3, 0.4) is 0 Å². The first-order chi connectivity index (χ1) is 11.9. The van der Waals surface area contributed by atoms with Crippen molar-refractivity contribution in [3.63, 3.8) is 0 Å². The molecule has 0 atom stereocenters. The number of rotatable bonds is 7. The van der Waals surface area contributed by atoms with Crippen LogP contribution in [0.1, 0.15) is 5.56 Å². The highest BCUT2D eigenvalue weighted by atomic mass is 35.5. The van der Waals surface area contributed by atoms with E-state index in [1.54, 1.807) is 24.3 Å². The van der Waals surface area contributed by atoms with E-state index in [0.29, 0.717) is 10.8 Å². The van der Waals surface area contributed by atoms with Crippen molar-refractivity contribution in [1.29, 1.82) is 0 Å². The van der Waals surface area contributed by atoms with Crippen molar-refractivity contribution in [2.24, 2.45) is 0 Å². The zero-order chi connectivity index (χ0) is 18.2. The minimum atomic E-state index is -0.469. The lowest BCUT2D eigenvalue weighted by Crippen LogP contribution is -2.38. The molecular formula is C17H15Cl2FN2O3. The molecule has 0 radical (unpaired) electrons. The van der Waals surface area contributed by atoms with Gasteiger partial charge in [-0.3, -0.25) is 9.59 Å². The maximum atomic E-state index is 12.8. The van der Waals surface area contributed by atoms with Crippen molar-refractivity contribution in [1.82, 2.24) is 10.6 Å². The van der Waals surface area contributed by atoms with Crippen LogP contribution in [0.25, 0.3) is 0 Å². The third-order valence-electron chi connectivity index (χ3n) is 3.10. The van der Waals surface area contributed by atoms with Gasteiger partial charge in [0, 0.05) is 11.6 Å². The van der Waals surface area contributed by atoms with E-state index in [1.807, 2.05) is 0 Å². The van der Waals surface area contributed by atoms with Crippen molar-refractivity contribution in [2.75, 3.05) is 13.2 Å². The Balaban J connectivity index is 1.68. The summed E-state index contributed by atoms with van der Waals surface area (Å²) in [5.41, 5.74) is 0.752. The van der Waals surface area contributed by atoms with Gasteiger partial charge in [0.2, 0.25) is 5.91 Å². The normalized spacial score (nSPS) is 10.2. The van der Waals surface area contributed by atoms with E-state index in [0.717, 1.165) is 5.56 Å². The number of carbonyl (C=O) groups excluding carboxylic acids is 2. The summed E-state index contributed by atoms with van der Waals surface area (Å²) >= 11 is 11.7. The fourth-order valence-electron chi connectivity index (χ4n) is 1.83. The van der Waals surface area contributed by atoms with Crippen LogP contribution in [0, 0.1) is 5.82 Å². The number of hydrogen-bond donors (Lipinski definition) is 2. The first-order valence-corrected chi connectivity index (χ1v) is 8.05. The number of ether oxygens (including phenoxy) is 1. The van der Waals surface area contributed by atoms with E-state index in [1.165, 1.54) is 18.2 Å². The molecule has 0 unspecified atom stereocenters. The summed E-state index contributed by atoms with van der Waals surface area (Å²) in [6.45, 7) is -0.240. The second kappa shape index (κ2) is 9.25. The number of carbonyl (C=O) groups is 2. The van der Waals surface area contributed by atoms with Gasteiger partial charge in [0.15, 0.2) is 6.61 Å². The lowest BCUT2D eigenvalue weighted by atomic mass is 10.2. The van der Waals surface area contributed by atoms with Gasteiger partial charge in [0.25, 0.3) is 5.91 Å². The molecule has 0 aliphatic heterocycles. The number of halogens is 3. The van der Waals surface area contributed by atoms with Crippen LogP contribution in [0.15, 0.2) is 42.5 Å². The Kier molecular flexibility index (Phi) is 7.03. The number of hydrogen-bond acceptors (Lipinski definition) is 3. The molecule has 8 heteroatoms. The molecule has 2 rings (SSSR count). The predicted molar refractivity (Wildman–Crippen MR) is 93.2 cm³/mol. The minimum absolute atomic E-state index is 0.197. The lowest BCUT2D eigenvalue weighted by molar-refractivity contribution is -0.127. The second-order valence-electron chi connectivity index (χ2n) is 5.04. The Hall–Kier alpha value is -2.31. The van der Waals surface area contributed by atoms with Gasteiger partial charge < -0.3 is 15.4 Å². The van der Waals surface area contributed by atoms with Gasteiger partial charge in [-0.15, -0.1) is 0 Å². The molecule has 5 nitrogen and oxygen atoms in total. The van der Waals surface area contributed by atoms with Crippen LogP contribution in [-0.4, -0.2) is 25.0 Å². The Bertz CT molecular complexity index is 754. The summed E-state index contributed by atoms with van der Waals surface area (Å²) in [7, 11) is 0. The van der Waals surface area contributed by atoms with Crippen LogP contribution in [-0.2, 0) is 16.1 Å². The lowest BCUT2D eigenvalue weighted by Gasteiger charge is -2.09. The molecule has 2 N–H and O–H groups in total. The molecule has 0 saturated carbocycles. The van der Waals surface area contributed by atoms with Gasteiger partial charge in [0.05, 0.1) is 11.6 Å². The minimum Gasteiger partial charge on any atom is -0.482 e. The Morgan fingerprint density at radius 1 is 1.00 bits per heavy atom. The third-order valence-corrected chi connectivity index (χ3v) is 3.63. The Labute approximate surface area is 154 Å². The fraction of sp³-hybridized carbons (Fsp3) is 0.176. The molecule has 2 amide bonds. The van der Waals surface area contributed by atoms with Crippen LogP contribution >= 0.6 is 23.2 Å². The summed E-state index contributed by atoms with van der Waals surface area (Å²) in [6.07, 6.45) is 0. The Morgan fingerprint density at radius 2 is 1.72 bits per heavy atom. The van der Waals surface area contributed by atoms with Crippen LogP contribution in [0.5, 0.6) is 5.75 Å². The summed E-state index contributed by atoms with van der Waals surface area (Å²) in [4.78, 5) is 23.4. The van der Waals surface area contributed by atoms with E-state index < -0.39 is 5.91 Å². The molecule has 0 spiro atoms. The fourth-order valence-corrected chi connectivity index (χ4v) is 2.29. The van der Waals surface area contributed by atoms with E-state index in [9.17, 15) is 14.0 Å². The van der Waals surface area contributed by atoms with E-state index >= 15 is 0 Å². The van der Waals surface area contributed by atoms with E-state index in [-0.39, 0.29) is 36.4 Å². The molecular weight excluding hydrogens is 370 g/mol. The van der Waals surface area contributed by atoms with Crippen molar-refractivity contribution >= 4 is 35.0 Å². The maximum absolute atomic E-state index is 12.8. The van der Waals surface area contributed by atoms with Crippen LogP contribution in [0.2, 0.25) is 10.0 Å². The quantitative estimate of drug-likeness (QED) is 0.770. The average Bonchev–Trinajstić information content (AvgIpc) is 2.58. The van der Waals surface area contributed by atoms with Gasteiger partial charge in [0.1, 0.15) is 11.6 Å². The topological polar surface area (TPSA) is 67.4 Å². The van der Waals surface area contributed by atoms with Crippen molar-refractivity contribution in [3.8, 4) is 5.75 Å². The first kappa shape index (κ1) is 19.0. The third kappa shape index (κ3) is 6.60. The zero-order valence-electron chi connectivity index (χ0n) is 13.0. The monoisotopic (exact) mass is 384 g/mol. The molecule has 2 aromatic rings. The molecule has 0 heterocycles. The largest absolute Gasteiger partial charge is 0.482 e. The summed E-state index contributed by atoms with van der Waals surface area (Å²) in [6, 6.07) is 10.4. The highest BCUT2D eigenvalue weighted by Crippen LogP contribution is 2.27. The van der Waals surface area contributed by atoms with Crippen molar-refractivity contribution < 1.29 is 18.7 Å². The molecule has 0 aliphatic carbocycles. The maximum Gasteiger partial charge on any atom is 0.258 e. The smallest absolute Gasteiger partial charge is 0.258 e. The van der Waals surface area contributed by atoms with Gasteiger partial charge in [-0.25, -0.2) is 4.39 Å². The predicted octanol–water partition coefficient (Wildman–Crippen LogP) is 2.94. The molecule has 132 valence electrons. The van der Waals surface area contributed by atoms with Gasteiger partial charge >= 0.3 is 0 Å². The highest BCUT2D eigenvalue weighted by molar-refractivity contribution is 6.35. The second-order valence-corrected chi connectivity index (χ2v) is 5.89. The van der Waals surface area contributed by atoms with E-state index in [2.05, 4.69) is 10.6 Å². The van der Waals surface area contributed by atoms with Gasteiger partial charge in [-0.2, -0.15) is 0 Å². The SMILES string of the molecule is O=C(CNC(=O)COc1ccc(Cl)cc1Cl)NCc1ccc(F)cc1. The van der Waals surface area contributed by atoms with Crippen molar-refractivity contribution in [2.45, 2.75) is 6.54 Å². The molecule has 0 fully saturated rings. The average molecular weight is 385 g/mol. The first-order valence-electron chi connectivity index (χ1n) is 7.30. The highest BCUT2D eigenvalue weighted by Gasteiger charge is 2.08. The summed E-state index contributed by atoms with van der Waals surface area (Å²) in [5.74, 6) is -0.866. The Morgan fingerprint density at radius 3 is 2.40 bits per heavy atom. The number of benzene rings is 2. The van der Waals surface area contributed by atoms with Crippen LogP contribution in [0.4, 0.5) is 4.39 Å². The zero-order valence-corrected chi connectivity index (χ0v) is 14.5. The molecule has 0 bridgehead atoms. The molecule has 2 aromatic carbocycles. The summed E-state index contributed by atoms with van der Waals surface area (Å²) in [5, 5.41) is 5.78. The van der Waals surface area contributed by atoms with Gasteiger partial charge in [-0.05, 0) is 35.9 Å². The number of nitrogens with one attached hydrogen (secondary N) is 2. The molecule has 25 heavy (non-hydrogen) atoms. The standard InChI is InChI=1S/C17H15Cl2FN2O3/c18-12-3-6-15(14(19)7-12)25-10-17(24)22-9-16(23)21-8-11-1-4-13(20)5-2-11/h1-7H,8-10H2,(H,21,23)(H,22,24). The molecule has 0 aliphatic rings. The summed E-state index contributed by atoms with van der Waals surface area (Å²) < 4.78 is 18.0. The van der Waals surface area contributed by atoms with Crippen molar-refractivity contribution in [3.05, 3.63) is 63.9 Å². The molecule has 0 saturated heterocycles. The van der Waals surface area contributed by atoms with E-state index in [4.69, 9.17) is 27.9 Å². The number of amides is 2. The molecule has 0 aromatic heterocycles.